The Morgan fingerprint density at radius 1 is 1.10 bits per heavy atom. The number of piperazine rings is 1. The third-order valence-electron chi connectivity index (χ3n) is 4.96. The molecule has 0 bridgehead atoms. The fourth-order valence-electron chi connectivity index (χ4n) is 3.24. The van der Waals surface area contributed by atoms with Crippen molar-refractivity contribution in [1.29, 1.82) is 0 Å². The van der Waals surface area contributed by atoms with Crippen molar-refractivity contribution < 1.29 is 4.79 Å². The lowest BCUT2D eigenvalue weighted by molar-refractivity contribution is 0.208. The number of aromatic nitrogens is 2. The Kier molecular flexibility index (Phi) is 5.97. The Morgan fingerprint density at radius 2 is 1.83 bits per heavy atom. The van der Waals surface area contributed by atoms with E-state index >= 15 is 0 Å². The Bertz CT molecular complexity index is 983. The molecule has 29 heavy (non-hydrogen) atoms. The van der Waals surface area contributed by atoms with E-state index in [2.05, 4.69) is 19.6 Å². The number of halogens is 1. The molecule has 1 fully saturated rings. The Labute approximate surface area is 179 Å². The third kappa shape index (κ3) is 4.86. The van der Waals surface area contributed by atoms with Crippen molar-refractivity contribution in [3.63, 3.8) is 0 Å². The molecule has 4 rings (SSSR count). The molecule has 0 spiro atoms. The normalized spacial score (nSPS) is 14.1. The van der Waals surface area contributed by atoms with Gasteiger partial charge in [0.2, 0.25) is 5.13 Å². The van der Waals surface area contributed by atoms with Gasteiger partial charge < -0.3 is 15.1 Å². The van der Waals surface area contributed by atoms with Gasteiger partial charge in [0.1, 0.15) is 5.82 Å². The van der Waals surface area contributed by atoms with Gasteiger partial charge in [0.15, 0.2) is 0 Å². The van der Waals surface area contributed by atoms with Gasteiger partial charge in [-0.05, 0) is 36.2 Å². The molecule has 0 radical (unpaired) electrons. The Hall–Kier alpha value is -2.64. The molecule has 1 aromatic heterocycles. The molecule has 3 aromatic rings. The molecule has 1 N–H and O–H groups in total. The number of aryl methyl sites for hydroxylation is 1. The van der Waals surface area contributed by atoms with E-state index in [1.54, 1.807) is 0 Å². The van der Waals surface area contributed by atoms with Gasteiger partial charge in [-0.25, -0.2) is 9.78 Å². The first-order valence-corrected chi connectivity index (χ1v) is 10.7. The van der Waals surface area contributed by atoms with E-state index in [1.807, 2.05) is 60.4 Å². The molecular weight excluding hydrogens is 406 g/mol. The molecule has 0 aliphatic carbocycles. The van der Waals surface area contributed by atoms with E-state index in [1.165, 1.54) is 11.5 Å². The van der Waals surface area contributed by atoms with Gasteiger partial charge in [-0.2, -0.15) is 4.37 Å². The van der Waals surface area contributed by atoms with Gasteiger partial charge in [0.25, 0.3) is 0 Å². The quantitative estimate of drug-likeness (QED) is 0.668. The molecule has 0 saturated carbocycles. The van der Waals surface area contributed by atoms with Crippen molar-refractivity contribution in [1.82, 2.24) is 14.3 Å². The minimum absolute atomic E-state index is 0.0559. The Morgan fingerprint density at radius 3 is 2.55 bits per heavy atom. The molecular formula is C21H22ClN5OS. The summed E-state index contributed by atoms with van der Waals surface area (Å²) in [6.45, 7) is 4.80. The van der Waals surface area contributed by atoms with Crippen molar-refractivity contribution >= 4 is 40.0 Å². The zero-order valence-corrected chi connectivity index (χ0v) is 17.7. The number of rotatable bonds is 4. The average Bonchev–Trinajstić information content (AvgIpc) is 3.20. The van der Waals surface area contributed by atoms with Crippen LogP contribution in [-0.4, -0.2) is 46.5 Å². The highest BCUT2D eigenvalue weighted by Crippen LogP contribution is 2.21. The molecule has 1 aliphatic rings. The fourth-order valence-corrected chi connectivity index (χ4v) is 4.10. The Balaban J connectivity index is 1.31. The predicted molar refractivity (Wildman–Crippen MR) is 118 cm³/mol. The molecule has 150 valence electrons. The number of amides is 2. The highest BCUT2D eigenvalue weighted by atomic mass is 35.5. The first kappa shape index (κ1) is 19.7. The highest BCUT2D eigenvalue weighted by Gasteiger charge is 2.23. The summed E-state index contributed by atoms with van der Waals surface area (Å²) in [6.07, 6.45) is 0.687. The number of urea groups is 1. The number of hydrogen-bond donors (Lipinski definition) is 1. The monoisotopic (exact) mass is 427 g/mol. The van der Waals surface area contributed by atoms with Crippen molar-refractivity contribution in [3.8, 4) is 0 Å². The molecule has 0 atom stereocenters. The van der Waals surface area contributed by atoms with Crippen LogP contribution in [0.1, 0.15) is 17.0 Å². The van der Waals surface area contributed by atoms with E-state index in [-0.39, 0.29) is 6.03 Å². The van der Waals surface area contributed by atoms with Crippen LogP contribution in [0.2, 0.25) is 5.02 Å². The summed E-state index contributed by atoms with van der Waals surface area (Å²) >= 11 is 7.35. The minimum atomic E-state index is -0.0559. The average molecular weight is 428 g/mol. The molecule has 1 aliphatic heterocycles. The van der Waals surface area contributed by atoms with Crippen LogP contribution in [-0.2, 0) is 6.42 Å². The molecule has 8 heteroatoms. The van der Waals surface area contributed by atoms with Crippen molar-refractivity contribution in [2.45, 2.75) is 13.3 Å². The lowest BCUT2D eigenvalue weighted by Gasteiger charge is -2.34. The maximum Gasteiger partial charge on any atom is 0.321 e. The molecule has 2 heterocycles. The number of hydrogen-bond acceptors (Lipinski definition) is 5. The molecule has 2 aromatic carbocycles. The van der Waals surface area contributed by atoms with Crippen molar-refractivity contribution in [3.05, 3.63) is 70.5 Å². The number of para-hydroxylation sites is 1. The molecule has 1 saturated heterocycles. The van der Waals surface area contributed by atoms with Crippen LogP contribution in [0.4, 0.5) is 15.6 Å². The second-order valence-electron chi connectivity index (χ2n) is 7.02. The van der Waals surface area contributed by atoms with E-state index < -0.39 is 0 Å². The van der Waals surface area contributed by atoms with Crippen LogP contribution in [0.15, 0.2) is 48.5 Å². The van der Waals surface area contributed by atoms with Crippen LogP contribution < -0.4 is 10.2 Å². The van der Waals surface area contributed by atoms with Crippen LogP contribution in [0.3, 0.4) is 0 Å². The fraction of sp³-hybridized carbons (Fsp3) is 0.286. The summed E-state index contributed by atoms with van der Waals surface area (Å²) in [4.78, 5) is 21.3. The summed E-state index contributed by atoms with van der Waals surface area (Å²) < 4.78 is 4.49. The van der Waals surface area contributed by atoms with Crippen LogP contribution >= 0.6 is 23.1 Å². The lowest BCUT2D eigenvalue weighted by atomic mass is 10.1. The summed E-state index contributed by atoms with van der Waals surface area (Å²) in [5, 5.41) is 4.64. The van der Waals surface area contributed by atoms with Gasteiger partial charge in [0, 0.05) is 54.8 Å². The topological polar surface area (TPSA) is 61.4 Å². The van der Waals surface area contributed by atoms with E-state index in [4.69, 9.17) is 11.6 Å². The lowest BCUT2D eigenvalue weighted by Crippen LogP contribution is -2.50. The van der Waals surface area contributed by atoms with Gasteiger partial charge in [0.05, 0.1) is 0 Å². The van der Waals surface area contributed by atoms with Crippen LogP contribution in [0.25, 0.3) is 0 Å². The van der Waals surface area contributed by atoms with Gasteiger partial charge in [-0.3, -0.25) is 0 Å². The standard InChI is InChI=1S/C21H22ClN5OS/c1-15-4-2-3-5-18(15)23-20(28)26-10-12-27(13-11-26)21-24-19(25-29-21)14-16-6-8-17(22)9-7-16/h2-9H,10-14H2,1H3,(H,23,28). The number of carbonyl (C=O) groups excluding carboxylic acids is 1. The predicted octanol–water partition coefficient (Wildman–Crippen LogP) is 4.44. The second kappa shape index (κ2) is 8.80. The third-order valence-corrected chi connectivity index (χ3v) is 6.02. The van der Waals surface area contributed by atoms with Crippen LogP contribution in [0, 0.1) is 6.92 Å². The van der Waals surface area contributed by atoms with Gasteiger partial charge in [-0.15, -0.1) is 0 Å². The number of nitrogens with one attached hydrogen (secondary N) is 1. The second-order valence-corrected chi connectivity index (χ2v) is 8.18. The summed E-state index contributed by atoms with van der Waals surface area (Å²) in [6, 6.07) is 15.5. The number of carbonyl (C=O) groups is 1. The van der Waals surface area contributed by atoms with Gasteiger partial charge in [-0.1, -0.05) is 41.9 Å². The van der Waals surface area contributed by atoms with E-state index in [9.17, 15) is 4.79 Å². The number of nitrogens with zero attached hydrogens (tertiary/aromatic N) is 4. The zero-order valence-electron chi connectivity index (χ0n) is 16.1. The molecule has 6 nitrogen and oxygen atoms in total. The largest absolute Gasteiger partial charge is 0.343 e. The number of benzene rings is 2. The summed E-state index contributed by atoms with van der Waals surface area (Å²) in [7, 11) is 0. The number of anilines is 2. The molecule has 2 amide bonds. The van der Waals surface area contributed by atoms with E-state index in [0.717, 1.165) is 45.9 Å². The SMILES string of the molecule is Cc1ccccc1NC(=O)N1CCN(c2nc(Cc3ccc(Cl)cc3)ns2)CC1. The maximum atomic E-state index is 12.6. The smallest absolute Gasteiger partial charge is 0.321 e. The maximum absolute atomic E-state index is 12.6. The van der Waals surface area contributed by atoms with Crippen molar-refractivity contribution in [2.75, 3.05) is 36.4 Å². The molecule has 0 unspecified atom stereocenters. The summed E-state index contributed by atoms with van der Waals surface area (Å²) in [5.41, 5.74) is 3.05. The minimum Gasteiger partial charge on any atom is -0.343 e. The van der Waals surface area contributed by atoms with E-state index in [0.29, 0.717) is 19.5 Å². The van der Waals surface area contributed by atoms with Gasteiger partial charge >= 0.3 is 6.03 Å². The van der Waals surface area contributed by atoms with Crippen LogP contribution in [0.5, 0.6) is 0 Å². The first-order chi connectivity index (χ1) is 14.1. The zero-order chi connectivity index (χ0) is 20.2. The van der Waals surface area contributed by atoms with Crippen molar-refractivity contribution in [2.24, 2.45) is 0 Å². The highest BCUT2D eigenvalue weighted by molar-refractivity contribution is 7.09. The first-order valence-electron chi connectivity index (χ1n) is 9.52. The summed E-state index contributed by atoms with van der Waals surface area (Å²) in [5.74, 6) is 0.812.